The summed E-state index contributed by atoms with van der Waals surface area (Å²) in [6.07, 6.45) is 1.15. The zero-order valence-corrected chi connectivity index (χ0v) is 18.2. The number of nitrogens with zero attached hydrogens (tertiary/aromatic N) is 1. The lowest BCUT2D eigenvalue weighted by atomic mass is 10.2. The van der Waals surface area contributed by atoms with Crippen molar-refractivity contribution in [1.29, 1.82) is 0 Å². The first-order chi connectivity index (χ1) is 10.7. The minimum atomic E-state index is -1.54. The first-order valence-corrected chi connectivity index (χ1v) is 13.3. The lowest BCUT2D eigenvalue weighted by Crippen LogP contribution is -2.54. The molecule has 0 amide bonds. The third-order valence-corrected chi connectivity index (χ3v) is 12.8. The Balaban J connectivity index is 2.80. The van der Waals surface area contributed by atoms with Crippen LogP contribution >= 0.6 is 0 Å². The lowest BCUT2D eigenvalue weighted by Gasteiger charge is -2.46. The van der Waals surface area contributed by atoms with Crippen molar-refractivity contribution in [3.05, 3.63) is 35.9 Å². The van der Waals surface area contributed by atoms with Crippen molar-refractivity contribution >= 4 is 17.5 Å². The number of rotatable bonds is 9. The summed E-state index contributed by atoms with van der Waals surface area (Å²) in [6.45, 7) is 14.3. The molecule has 0 unspecified atom stereocenters. The van der Waals surface area contributed by atoms with Crippen LogP contribution in [0.25, 0.3) is 0 Å². The highest BCUT2D eigenvalue weighted by atomic mass is 28.3. The summed E-state index contributed by atoms with van der Waals surface area (Å²) in [6, 6.07) is 11.9. The molecule has 0 fully saturated rings. The average molecular weight is 354 g/mol. The maximum Gasteiger partial charge on any atom is 0.320 e. The van der Waals surface area contributed by atoms with Crippen LogP contribution in [0, 0.1) is 0 Å². The van der Waals surface area contributed by atoms with E-state index in [1.807, 2.05) is 0 Å². The van der Waals surface area contributed by atoms with Crippen molar-refractivity contribution in [3.8, 4) is 0 Å². The van der Waals surface area contributed by atoms with Crippen molar-refractivity contribution in [2.24, 2.45) is 0 Å². The van der Waals surface area contributed by atoms with Crippen LogP contribution in [0.5, 0.6) is 0 Å². The fraction of sp³-hybridized carbons (Fsp3) is 0.667. The van der Waals surface area contributed by atoms with Gasteiger partial charge in [0, 0.05) is 20.8 Å². The van der Waals surface area contributed by atoms with Gasteiger partial charge in [-0.2, -0.15) is 0 Å². The molecule has 3 nitrogen and oxygen atoms in total. The smallest absolute Gasteiger partial charge is 0.320 e. The fourth-order valence-corrected chi connectivity index (χ4v) is 6.04. The monoisotopic (exact) mass is 353 g/mol. The predicted octanol–water partition coefficient (Wildman–Crippen LogP) is 4.40. The number of hydrogen-bond acceptors (Lipinski definition) is 3. The van der Waals surface area contributed by atoms with Crippen molar-refractivity contribution in [3.63, 3.8) is 0 Å². The predicted molar refractivity (Wildman–Crippen MR) is 105 cm³/mol. The van der Waals surface area contributed by atoms with E-state index in [9.17, 15) is 0 Å². The molecule has 0 spiro atoms. The van der Waals surface area contributed by atoms with Gasteiger partial charge in [-0.15, -0.1) is 0 Å². The van der Waals surface area contributed by atoms with E-state index in [2.05, 4.69) is 68.8 Å². The normalized spacial score (nSPS) is 13.1. The zero-order valence-electron chi connectivity index (χ0n) is 16.1. The van der Waals surface area contributed by atoms with Crippen LogP contribution in [0.2, 0.25) is 24.2 Å². The second-order valence-corrected chi connectivity index (χ2v) is 15.4. The molecule has 0 aliphatic carbocycles. The molecule has 1 rings (SSSR count). The minimum Gasteiger partial charge on any atom is -0.400 e. The highest BCUT2D eigenvalue weighted by Crippen LogP contribution is 2.39. The van der Waals surface area contributed by atoms with Gasteiger partial charge in [-0.05, 0) is 29.6 Å². The van der Waals surface area contributed by atoms with Gasteiger partial charge in [0.05, 0.1) is 0 Å². The fourth-order valence-electron chi connectivity index (χ4n) is 2.62. The van der Waals surface area contributed by atoms with Crippen LogP contribution in [0.4, 0.5) is 0 Å². The van der Waals surface area contributed by atoms with Crippen molar-refractivity contribution in [1.82, 2.24) is 4.57 Å². The second kappa shape index (κ2) is 9.13. The molecule has 0 saturated heterocycles. The highest BCUT2D eigenvalue weighted by molar-refractivity contribution is 6.77. The molecule has 0 saturated carbocycles. The second-order valence-electron chi connectivity index (χ2n) is 7.76. The van der Waals surface area contributed by atoms with E-state index < -0.39 is 17.5 Å². The molecular formula is C18H35NO2Si2. The Kier molecular flexibility index (Phi) is 8.17. The summed E-state index contributed by atoms with van der Waals surface area (Å²) in [4.78, 5) is 0. The third kappa shape index (κ3) is 6.16. The van der Waals surface area contributed by atoms with Crippen LogP contribution in [0.1, 0.15) is 32.8 Å². The van der Waals surface area contributed by atoms with Crippen LogP contribution < -0.4 is 0 Å². The molecule has 132 valence electrons. The van der Waals surface area contributed by atoms with E-state index in [1.165, 1.54) is 5.56 Å². The van der Waals surface area contributed by atoms with Crippen LogP contribution in [0.3, 0.4) is 0 Å². The average Bonchev–Trinajstić information content (AvgIpc) is 2.50. The molecule has 0 aliphatic heterocycles. The van der Waals surface area contributed by atoms with Crippen molar-refractivity contribution in [2.75, 3.05) is 20.8 Å². The summed E-state index contributed by atoms with van der Waals surface area (Å²) in [5.74, 6) is 0. The number of benzene rings is 1. The largest absolute Gasteiger partial charge is 0.400 e. The van der Waals surface area contributed by atoms with Gasteiger partial charge in [0.15, 0.2) is 0 Å². The Morgan fingerprint density at radius 2 is 1.61 bits per heavy atom. The van der Waals surface area contributed by atoms with Gasteiger partial charge in [-0.25, -0.2) is 0 Å². The van der Waals surface area contributed by atoms with E-state index in [0.717, 1.165) is 25.6 Å². The topological polar surface area (TPSA) is 21.7 Å². The Labute approximate surface area is 145 Å². The van der Waals surface area contributed by atoms with Gasteiger partial charge < -0.3 is 13.4 Å². The van der Waals surface area contributed by atoms with Gasteiger partial charge in [0.1, 0.15) is 8.24 Å². The summed E-state index contributed by atoms with van der Waals surface area (Å²) in [5, 5.41) is 0.348. The summed E-state index contributed by atoms with van der Waals surface area (Å²) >= 11 is 0. The Morgan fingerprint density at radius 3 is 2.09 bits per heavy atom. The van der Waals surface area contributed by atoms with Crippen LogP contribution in [-0.4, -0.2) is 42.8 Å². The molecule has 0 N–H and O–H groups in total. The molecule has 0 atom stereocenters. The van der Waals surface area contributed by atoms with Gasteiger partial charge in [0.2, 0.25) is 0 Å². The van der Waals surface area contributed by atoms with E-state index in [1.54, 1.807) is 14.2 Å². The Bertz CT molecular complexity index is 442. The maximum atomic E-state index is 5.46. The lowest BCUT2D eigenvalue weighted by molar-refractivity contribution is 0.273. The van der Waals surface area contributed by atoms with Gasteiger partial charge in [-0.3, -0.25) is 0 Å². The van der Waals surface area contributed by atoms with Crippen molar-refractivity contribution in [2.45, 2.75) is 57.9 Å². The highest BCUT2D eigenvalue weighted by Gasteiger charge is 2.40. The quantitative estimate of drug-likeness (QED) is 0.614. The first kappa shape index (κ1) is 20.6. The molecule has 23 heavy (non-hydrogen) atoms. The zero-order chi connectivity index (χ0) is 17.5. The summed E-state index contributed by atoms with van der Waals surface area (Å²) < 4.78 is 13.7. The van der Waals surface area contributed by atoms with Gasteiger partial charge in [0.25, 0.3) is 0 Å². The third-order valence-electron chi connectivity index (χ3n) is 5.24. The van der Waals surface area contributed by atoms with E-state index >= 15 is 0 Å². The molecule has 5 heteroatoms. The van der Waals surface area contributed by atoms with E-state index in [4.69, 9.17) is 8.85 Å². The Morgan fingerprint density at radius 1 is 1.04 bits per heavy atom. The van der Waals surface area contributed by atoms with Gasteiger partial charge in [-0.1, -0.05) is 64.2 Å². The SMILES string of the molecule is CO[SiH](CCCN(Cc1ccccc1)[Si](C)(C)C(C)(C)C)OC. The molecule has 0 aliphatic rings. The molecule has 1 aromatic carbocycles. The molecule has 0 radical (unpaired) electrons. The van der Waals surface area contributed by atoms with Crippen molar-refractivity contribution < 1.29 is 8.85 Å². The summed E-state index contributed by atoms with van der Waals surface area (Å²) in [5.41, 5.74) is 1.41. The number of hydrogen-bond donors (Lipinski definition) is 0. The van der Waals surface area contributed by atoms with Gasteiger partial charge >= 0.3 is 9.28 Å². The minimum absolute atomic E-state index is 0.348. The molecule has 1 aromatic rings. The van der Waals surface area contributed by atoms with E-state index in [0.29, 0.717) is 5.04 Å². The van der Waals surface area contributed by atoms with E-state index in [-0.39, 0.29) is 0 Å². The summed E-state index contributed by atoms with van der Waals surface area (Å²) in [7, 11) is 0.562. The molecule has 0 heterocycles. The molecule has 0 bridgehead atoms. The molecule has 0 aromatic heterocycles. The maximum absolute atomic E-state index is 5.46. The molecular weight excluding hydrogens is 318 g/mol. The Hall–Kier alpha value is -0.466. The van der Waals surface area contributed by atoms with Crippen LogP contribution in [0.15, 0.2) is 30.3 Å². The first-order valence-electron chi connectivity index (χ1n) is 8.57. The van der Waals surface area contributed by atoms with Crippen LogP contribution in [-0.2, 0) is 15.4 Å². The standard InChI is InChI=1S/C18H35NO2Si2/c1-18(2,3)23(6,7)19(14-11-15-22(20-4)21-5)16-17-12-9-8-10-13-17/h8-10,12-13,22H,11,14-16H2,1-7H3.